The molecule has 0 aliphatic heterocycles. The van der Waals surface area contributed by atoms with E-state index in [1.807, 2.05) is 0 Å². The molecule has 100 valence electrons. The molecule has 2 atom stereocenters. The maximum atomic E-state index is 6.27. The fourth-order valence-electron chi connectivity index (χ4n) is 3.36. The van der Waals surface area contributed by atoms with Crippen LogP contribution in [0.5, 0.6) is 5.75 Å². The van der Waals surface area contributed by atoms with Crippen molar-refractivity contribution in [2.45, 2.75) is 52.2 Å². The number of para-hydroxylation sites is 1. The standard InChI is InChI=1S/C16H25NO/c1-5-16(6-2)14(17-4)11-15(16)18-13-10-8-7-9-12(13)3/h7-10,14-15,17H,5-6,11H2,1-4H3. The third-order valence-corrected chi connectivity index (χ3v) is 4.81. The number of aryl methyl sites for hydroxylation is 1. The van der Waals surface area contributed by atoms with Crippen LogP contribution in [0.2, 0.25) is 0 Å². The van der Waals surface area contributed by atoms with E-state index in [-0.39, 0.29) is 0 Å². The molecular weight excluding hydrogens is 222 g/mol. The topological polar surface area (TPSA) is 21.3 Å². The minimum atomic E-state index is 0.303. The zero-order chi connectivity index (χ0) is 13.2. The summed E-state index contributed by atoms with van der Waals surface area (Å²) in [5.74, 6) is 1.04. The average Bonchev–Trinajstić information content (AvgIpc) is 2.37. The van der Waals surface area contributed by atoms with Gasteiger partial charge < -0.3 is 10.1 Å². The maximum Gasteiger partial charge on any atom is 0.122 e. The highest BCUT2D eigenvalue weighted by Crippen LogP contribution is 2.49. The van der Waals surface area contributed by atoms with Gasteiger partial charge in [0.1, 0.15) is 11.9 Å². The minimum absolute atomic E-state index is 0.303. The van der Waals surface area contributed by atoms with Gasteiger partial charge in [-0.15, -0.1) is 0 Å². The maximum absolute atomic E-state index is 6.27. The van der Waals surface area contributed by atoms with Gasteiger partial charge in [-0.2, -0.15) is 0 Å². The average molecular weight is 247 g/mol. The molecule has 1 aliphatic rings. The van der Waals surface area contributed by atoms with Gasteiger partial charge in [-0.25, -0.2) is 0 Å². The second-order valence-electron chi connectivity index (χ2n) is 5.39. The Morgan fingerprint density at radius 1 is 1.28 bits per heavy atom. The summed E-state index contributed by atoms with van der Waals surface area (Å²) in [5.41, 5.74) is 1.53. The number of hydrogen-bond acceptors (Lipinski definition) is 2. The summed E-state index contributed by atoms with van der Waals surface area (Å²) in [6, 6.07) is 8.91. The first kappa shape index (κ1) is 13.4. The summed E-state index contributed by atoms with van der Waals surface area (Å²) in [5, 5.41) is 3.44. The molecule has 1 saturated carbocycles. The van der Waals surface area contributed by atoms with E-state index < -0.39 is 0 Å². The van der Waals surface area contributed by atoms with E-state index in [1.54, 1.807) is 0 Å². The molecule has 0 saturated heterocycles. The molecule has 1 fully saturated rings. The second kappa shape index (κ2) is 5.31. The predicted octanol–water partition coefficient (Wildman–Crippen LogP) is 3.54. The molecule has 2 rings (SSSR count). The second-order valence-corrected chi connectivity index (χ2v) is 5.39. The molecule has 2 unspecified atom stereocenters. The Morgan fingerprint density at radius 3 is 2.50 bits per heavy atom. The molecule has 0 heterocycles. The van der Waals surface area contributed by atoms with Gasteiger partial charge >= 0.3 is 0 Å². The van der Waals surface area contributed by atoms with E-state index in [2.05, 4.69) is 57.4 Å². The van der Waals surface area contributed by atoms with Crippen LogP contribution in [0.15, 0.2) is 24.3 Å². The van der Waals surface area contributed by atoms with E-state index >= 15 is 0 Å². The van der Waals surface area contributed by atoms with Crippen LogP contribution in [0.25, 0.3) is 0 Å². The molecule has 1 aromatic carbocycles. The summed E-state index contributed by atoms with van der Waals surface area (Å²) >= 11 is 0. The lowest BCUT2D eigenvalue weighted by atomic mass is 9.58. The van der Waals surface area contributed by atoms with Crippen molar-refractivity contribution in [2.75, 3.05) is 7.05 Å². The summed E-state index contributed by atoms with van der Waals surface area (Å²) in [6.45, 7) is 6.67. The van der Waals surface area contributed by atoms with E-state index in [4.69, 9.17) is 4.74 Å². The van der Waals surface area contributed by atoms with Crippen LogP contribution in [0.4, 0.5) is 0 Å². The van der Waals surface area contributed by atoms with Crippen molar-refractivity contribution in [3.8, 4) is 5.75 Å². The fraction of sp³-hybridized carbons (Fsp3) is 0.625. The van der Waals surface area contributed by atoms with Gasteiger partial charge in [-0.3, -0.25) is 0 Å². The molecule has 2 nitrogen and oxygen atoms in total. The minimum Gasteiger partial charge on any atom is -0.489 e. The van der Waals surface area contributed by atoms with Crippen LogP contribution in [0.3, 0.4) is 0 Å². The third kappa shape index (κ3) is 2.03. The Bertz CT molecular complexity index is 398. The number of ether oxygens (including phenoxy) is 1. The zero-order valence-corrected chi connectivity index (χ0v) is 12.0. The van der Waals surface area contributed by atoms with Crippen molar-refractivity contribution >= 4 is 0 Å². The van der Waals surface area contributed by atoms with Crippen molar-refractivity contribution in [1.29, 1.82) is 0 Å². The summed E-state index contributed by atoms with van der Waals surface area (Å²) in [7, 11) is 2.06. The molecule has 18 heavy (non-hydrogen) atoms. The van der Waals surface area contributed by atoms with Gasteiger partial charge in [0, 0.05) is 17.9 Å². The molecule has 0 aromatic heterocycles. The number of rotatable bonds is 5. The molecular formula is C16H25NO. The molecule has 0 radical (unpaired) electrons. The summed E-state index contributed by atoms with van der Waals surface area (Å²) in [6.07, 6.45) is 3.81. The number of nitrogens with one attached hydrogen (secondary N) is 1. The molecule has 1 aromatic rings. The Morgan fingerprint density at radius 2 is 1.94 bits per heavy atom. The Labute approximate surface area is 111 Å². The smallest absolute Gasteiger partial charge is 0.122 e. The van der Waals surface area contributed by atoms with E-state index in [0.717, 1.165) is 12.2 Å². The van der Waals surface area contributed by atoms with E-state index in [9.17, 15) is 0 Å². The van der Waals surface area contributed by atoms with Crippen LogP contribution in [-0.2, 0) is 0 Å². The van der Waals surface area contributed by atoms with Crippen LogP contribution < -0.4 is 10.1 Å². The first-order valence-electron chi connectivity index (χ1n) is 7.07. The molecule has 0 spiro atoms. The summed E-state index contributed by atoms with van der Waals surface area (Å²) in [4.78, 5) is 0. The van der Waals surface area contributed by atoms with Gasteiger partial charge in [0.25, 0.3) is 0 Å². The van der Waals surface area contributed by atoms with Gasteiger partial charge in [0.2, 0.25) is 0 Å². The van der Waals surface area contributed by atoms with E-state index in [0.29, 0.717) is 17.6 Å². The highest BCUT2D eigenvalue weighted by atomic mass is 16.5. The largest absolute Gasteiger partial charge is 0.489 e. The van der Waals surface area contributed by atoms with Crippen LogP contribution in [0.1, 0.15) is 38.7 Å². The van der Waals surface area contributed by atoms with Crippen LogP contribution in [-0.4, -0.2) is 19.2 Å². The monoisotopic (exact) mass is 247 g/mol. The van der Waals surface area contributed by atoms with Crippen molar-refractivity contribution in [3.63, 3.8) is 0 Å². The van der Waals surface area contributed by atoms with Gasteiger partial charge in [-0.05, 0) is 38.4 Å². The Hall–Kier alpha value is -1.02. The molecule has 1 N–H and O–H groups in total. The number of hydrogen-bond donors (Lipinski definition) is 1. The first-order chi connectivity index (χ1) is 8.67. The van der Waals surface area contributed by atoms with Crippen molar-refractivity contribution in [2.24, 2.45) is 5.41 Å². The lowest BCUT2D eigenvalue weighted by Gasteiger charge is -2.55. The lowest BCUT2D eigenvalue weighted by Crippen LogP contribution is -2.63. The summed E-state index contributed by atoms with van der Waals surface area (Å²) < 4.78 is 6.27. The predicted molar refractivity (Wildman–Crippen MR) is 76.1 cm³/mol. The zero-order valence-electron chi connectivity index (χ0n) is 12.0. The molecule has 0 bridgehead atoms. The highest BCUT2D eigenvalue weighted by Gasteiger charge is 2.53. The Kier molecular flexibility index (Phi) is 3.96. The van der Waals surface area contributed by atoms with Gasteiger partial charge in [0.05, 0.1) is 0 Å². The molecule has 1 aliphatic carbocycles. The lowest BCUT2D eigenvalue weighted by molar-refractivity contribution is -0.0838. The van der Waals surface area contributed by atoms with Crippen molar-refractivity contribution in [3.05, 3.63) is 29.8 Å². The SMILES string of the molecule is CCC1(CC)C(NC)CC1Oc1ccccc1C. The number of benzene rings is 1. The first-order valence-corrected chi connectivity index (χ1v) is 7.07. The normalized spacial score (nSPS) is 25.6. The van der Waals surface area contributed by atoms with Crippen molar-refractivity contribution < 1.29 is 4.74 Å². The Balaban J connectivity index is 2.13. The molecule has 2 heteroatoms. The third-order valence-electron chi connectivity index (χ3n) is 4.81. The van der Waals surface area contributed by atoms with Crippen LogP contribution in [0, 0.1) is 12.3 Å². The molecule has 0 amide bonds. The van der Waals surface area contributed by atoms with Gasteiger partial charge in [-0.1, -0.05) is 32.0 Å². The van der Waals surface area contributed by atoms with Crippen molar-refractivity contribution in [1.82, 2.24) is 5.32 Å². The van der Waals surface area contributed by atoms with Crippen LogP contribution >= 0.6 is 0 Å². The quantitative estimate of drug-likeness (QED) is 0.859. The fourth-order valence-corrected chi connectivity index (χ4v) is 3.36. The van der Waals surface area contributed by atoms with E-state index in [1.165, 1.54) is 18.4 Å². The highest BCUT2D eigenvalue weighted by molar-refractivity contribution is 5.32. The van der Waals surface area contributed by atoms with Gasteiger partial charge in [0.15, 0.2) is 0 Å².